The first-order valence-electron chi connectivity index (χ1n) is 8.20. The van der Waals surface area contributed by atoms with Gasteiger partial charge in [0.25, 0.3) is 0 Å². The van der Waals surface area contributed by atoms with E-state index in [1.807, 2.05) is 6.07 Å². The summed E-state index contributed by atoms with van der Waals surface area (Å²) in [5.41, 5.74) is 2.34. The molecule has 1 saturated carbocycles. The Balaban J connectivity index is 2.00. The standard InChI is InChI=1S/C18H28FN/c1-3-20-18(12-10-15-7-5-4-6-8-15)17-13-16(19)11-9-14(17)2/h9,11,13,15,18,20H,3-8,10,12H2,1-2H3. The quantitative estimate of drug-likeness (QED) is 0.758. The number of hydrogen-bond acceptors (Lipinski definition) is 1. The van der Waals surface area contributed by atoms with E-state index < -0.39 is 0 Å². The van der Waals surface area contributed by atoms with Crippen molar-refractivity contribution in [3.8, 4) is 0 Å². The van der Waals surface area contributed by atoms with Crippen LogP contribution in [0.2, 0.25) is 0 Å². The number of halogens is 1. The van der Waals surface area contributed by atoms with Gasteiger partial charge in [-0.3, -0.25) is 0 Å². The van der Waals surface area contributed by atoms with E-state index in [1.165, 1.54) is 44.1 Å². The molecule has 0 spiro atoms. The average molecular weight is 277 g/mol. The van der Waals surface area contributed by atoms with Gasteiger partial charge in [-0.15, -0.1) is 0 Å². The normalized spacial score (nSPS) is 18.1. The van der Waals surface area contributed by atoms with E-state index in [0.717, 1.165) is 24.4 Å². The zero-order chi connectivity index (χ0) is 14.4. The van der Waals surface area contributed by atoms with Gasteiger partial charge in [0.2, 0.25) is 0 Å². The van der Waals surface area contributed by atoms with Gasteiger partial charge in [-0.2, -0.15) is 0 Å². The maximum atomic E-state index is 13.5. The van der Waals surface area contributed by atoms with Crippen LogP contribution in [0.15, 0.2) is 18.2 Å². The van der Waals surface area contributed by atoms with Gasteiger partial charge in [0, 0.05) is 6.04 Å². The maximum Gasteiger partial charge on any atom is 0.123 e. The number of nitrogens with one attached hydrogen (secondary N) is 1. The highest BCUT2D eigenvalue weighted by molar-refractivity contribution is 5.29. The summed E-state index contributed by atoms with van der Waals surface area (Å²) in [5.74, 6) is 0.768. The highest BCUT2D eigenvalue weighted by Gasteiger charge is 2.18. The van der Waals surface area contributed by atoms with Crippen molar-refractivity contribution >= 4 is 0 Å². The molecule has 2 rings (SSSR count). The minimum Gasteiger partial charge on any atom is -0.310 e. The monoisotopic (exact) mass is 277 g/mol. The molecule has 1 aromatic rings. The van der Waals surface area contributed by atoms with Crippen molar-refractivity contribution in [2.24, 2.45) is 5.92 Å². The third kappa shape index (κ3) is 4.31. The van der Waals surface area contributed by atoms with Gasteiger partial charge >= 0.3 is 0 Å². The van der Waals surface area contributed by atoms with E-state index >= 15 is 0 Å². The van der Waals surface area contributed by atoms with E-state index in [-0.39, 0.29) is 5.82 Å². The predicted molar refractivity (Wildman–Crippen MR) is 83.4 cm³/mol. The molecule has 0 aliphatic heterocycles. The van der Waals surface area contributed by atoms with Gasteiger partial charge < -0.3 is 5.32 Å². The molecule has 1 aromatic carbocycles. The lowest BCUT2D eigenvalue weighted by atomic mass is 9.84. The van der Waals surface area contributed by atoms with Crippen molar-refractivity contribution in [1.82, 2.24) is 5.32 Å². The van der Waals surface area contributed by atoms with Crippen LogP contribution in [0.4, 0.5) is 4.39 Å². The molecule has 1 aliphatic carbocycles. The van der Waals surface area contributed by atoms with Crippen LogP contribution in [0, 0.1) is 18.7 Å². The van der Waals surface area contributed by atoms with E-state index in [2.05, 4.69) is 19.2 Å². The van der Waals surface area contributed by atoms with E-state index in [0.29, 0.717) is 6.04 Å². The fourth-order valence-corrected chi connectivity index (χ4v) is 3.48. The molecule has 1 nitrogen and oxygen atoms in total. The van der Waals surface area contributed by atoms with Crippen LogP contribution < -0.4 is 5.32 Å². The SMILES string of the molecule is CCNC(CCC1CCCCC1)c1cc(F)ccc1C. The molecular weight excluding hydrogens is 249 g/mol. The molecule has 0 heterocycles. The van der Waals surface area contributed by atoms with Crippen LogP contribution in [0.3, 0.4) is 0 Å². The summed E-state index contributed by atoms with van der Waals surface area (Å²) in [6.45, 7) is 5.15. The average Bonchev–Trinajstić information content (AvgIpc) is 2.47. The molecule has 1 unspecified atom stereocenters. The second kappa shape index (κ2) is 7.78. The van der Waals surface area contributed by atoms with E-state index in [1.54, 1.807) is 12.1 Å². The Labute approximate surface area is 123 Å². The minimum absolute atomic E-state index is 0.119. The van der Waals surface area contributed by atoms with Gasteiger partial charge in [-0.05, 0) is 55.5 Å². The Hall–Kier alpha value is -0.890. The first kappa shape index (κ1) is 15.5. The highest BCUT2D eigenvalue weighted by atomic mass is 19.1. The summed E-state index contributed by atoms with van der Waals surface area (Å²) < 4.78 is 13.5. The third-order valence-electron chi connectivity index (χ3n) is 4.66. The molecule has 1 atom stereocenters. The minimum atomic E-state index is -0.119. The van der Waals surface area contributed by atoms with Crippen LogP contribution in [-0.4, -0.2) is 6.54 Å². The molecular formula is C18H28FN. The summed E-state index contributed by atoms with van der Waals surface area (Å²) in [6, 6.07) is 5.47. The molecule has 1 fully saturated rings. The molecule has 1 N–H and O–H groups in total. The number of aryl methyl sites for hydroxylation is 1. The Bertz CT molecular complexity index is 410. The van der Waals surface area contributed by atoms with E-state index in [4.69, 9.17) is 0 Å². The van der Waals surface area contributed by atoms with Crippen molar-refractivity contribution in [2.45, 2.75) is 64.8 Å². The molecule has 0 bridgehead atoms. The Kier molecular flexibility index (Phi) is 6.03. The molecule has 20 heavy (non-hydrogen) atoms. The second-order valence-electron chi connectivity index (χ2n) is 6.19. The lowest BCUT2D eigenvalue weighted by molar-refractivity contribution is 0.315. The lowest BCUT2D eigenvalue weighted by Gasteiger charge is -2.25. The molecule has 0 aromatic heterocycles. The van der Waals surface area contributed by atoms with Crippen LogP contribution in [-0.2, 0) is 0 Å². The number of rotatable bonds is 6. The maximum absolute atomic E-state index is 13.5. The van der Waals surface area contributed by atoms with Crippen molar-refractivity contribution in [3.05, 3.63) is 35.1 Å². The molecule has 0 amide bonds. The summed E-state index contributed by atoms with van der Waals surface area (Å²) >= 11 is 0. The van der Waals surface area contributed by atoms with Gasteiger partial charge in [0.15, 0.2) is 0 Å². The molecule has 2 heteroatoms. The van der Waals surface area contributed by atoms with Crippen LogP contribution in [0.5, 0.6) is 0 Å². The molecule has 0 saturated heterocycles. The zero-order valence-electron chi connectivity index (χ0n) is 12.9. The Morgan fingerprint density at radius 1 is 1.25 bits per heavy atom. The summed E-state index contributed by atoms with van der Waals surface area (Å²) in [5, 5.41) is 3.54. The van der Waals surface area contributed by atoms with Crippen molar-refractivity contribution in [3.63, 3.8) is 0 Å². The first-order valence-corrected chi connectivity index (χ1v) is 8.20. The molecule has 112 valence electrons. The number of hydrogen-bond donors (Lipinski definition) is 1. The topological polar surface area (TPSA) is 12.0 Å². The van der Waals surface area contributed by atoms with Gasteiger partial charge in [0.1, 0.15) is 5.82 Å². The van der Waals surface area contributed by atoms with Crippen LogP contribution in [0.25, 0.3) is 0 Å². The summed E-state index contributed by atoms with van der Waals surface area (Å²) in [4.78, 5) is 0. The third-order valence-corrected chi connectivity index (χ3v) is 4.66. The van der Waals surface area contributed by atoms with Crippen LogP contribution in [0.1, 0.15) is 69.0 Å². The Morgan fingerprint density at radius 2 is 2.00 bits per heavy atom. The highest BCUT2D eigenvalue weighted by Crippen LogP contribution is 2.31. The zero-order valence-corrected chi connectivity index (χ0v) is 12.9. The van der Waals surface area contributed by atoms with Crippen molar-refractivity contribution < 1.29 is 4.39 Å². The van der Waals surface area contributed by atoms with Gasteiger partial charge in [-0.1, -0.05) is 45.1 Å². The van der Waals surface area contributed by atoms with E-state index in [9.17, 15) is 4.39 Å². The number of benzene rings is 1. The lowest BCUT2D eigenvalue weighted by Crippen LogP contribution is -2.23. The summed E-state index contributed by atoms with van der Waals surface area (Å²) in [7, 11) is 0. The molecule has 1 aliphatic rings. The van der Waals surface area contributed by atoms with Crippen molar-refractivity contribution in [2.75, 3.05) is 6.54 Å². The fraction of sp³-hybridized carbons (Fsp3) is 0.667. The second-order valence-corrected chi connectivity index (χ2v) is 6.19. The first-order chi connectivity index (χ1) is 9.70. The largest absolute Gasteiger partial charge is 0.310 e. The summed E-state index contributed by atoms with van der Waals surface area (Å²) in [6.07, 6.45) is 9.39. The predicted octanol–water partition coefficient (Wildman–Crippen LogP) is 5.15. The van der Waals surface area contributed by atoms with Gasteiger partial charge in [-0.25, -0.2) is 4.39 Å². The fourth-order valence-electron chi connectivity index (χ4n) is 3.48. The smallest absolute Gasteiger partial charge is 0.123 e. The van der Waals surface area contributed by atoms with Crippen LogP contribution >= 0.6 is 0 Å². The van der Waals surface area contributed by atoms with Crippen molar-refractivity contribution in [1.29, 1.82) is 0 Å². The van der Waals surface area contributed by atoms with Gasteiger partial charge in [0.05, 0.1) is 0 Å². The Morgan fingerprint density at radius 3 is 2.70 bits per heavy atom. The molecule has 0 radical (unpaired) electrons.